The smallest absolute Gasteiger partial charge is 0.343 e. The number of para-hydroxylation sites is 1. The molecule has 4 aliphatic carbocycles. The largest absolute Gasteiger partial charge is 0.421 e. The third kappa shape index (κ3) is 2.61. The van der Waals surface area contributed by atoms with Crippen LogP contribution in [0.3, 0.4) is 0 Å². The number of aromatic nitrogens is 1. The molecule has 1 aliphatic heterocycles. The predicted octanol–water partition coefficient (Wildman–Crippen LogP) is 4.01. The van der Waals surface area contributed by atoms with Crippen molar-refractivity contribution in [1.29, 1.82) is 0 Å². The number of carbonyl (C=O) groups is 3. The van der Waals surface area contributed by atoms with Crippen LogP contribution in [0.2, 0.25) is 0 Å². The number of esters is 1. The Morgan fingerprint density at radius 1 is 0.909 bits per heavy atom. The lowest BCUT2D eigenvalue weighted by Gasteiger charge is -2.37. The molecule has 2 heterocycles. The molecule has 5 aliphatic rings. The van der Waals surface area contributed by atoms with Crippen molar-refractivity contribution in [2.24, 2.45) is 35.5 Å². The number of rotatable bonds is 3. The molecule has 6 atom stereocenters. The Kier molecular flexibility index (Phi) is 3.75. The summed E-state index contributed by atoms with van der Waals surface area (Å²) in [4.78, 5) is 45.3. The number of ether oxygens (including phenoxy) is 1. The summed E-state index contributed by atoms with van der Waals surface area (Å²) < 4.78 is 5.64. The van der Waals surface area contributed by atoms with E-state index < -0.39 is 5.97 Å². The zero-order valence-electron chi connectivity index (χ0n) is 17.6. The lowest BCUT2D eigenvalue weighted by atomic mass is 9.63. The maximum atomic E-state index is 13.4. The summed E-state index contributed by atoms with van der Waals surface area (Å²) in [5.74, 6) is 0.414. The molecule has 6 nitrogen and oxygen atoms in total. The molecule has 3 aromatic rings. The standard InChI is InChI=1S/C27H20N2O4/c30-25-22-17-9-10-18(20-13-19(17)20)23(22)26(31)29(25)16-7-1-5-15(12-16)27(32)33-21-8-2-4-14-6-3-11-28-24(14)21/h1-12,17-20,22-23H,13H2/t17-,18+,19-,20-,22+,23-/m1/s1. The van der Waals surface area contributed by atoms with Gasteiger partial charge in [-0.2, -0.15) is 0 Å². The summed E-state index contributed by atoms with van der Waals surface area (Å²) in [6.07, 6.45) is 7.08. The molecule has 8 rings (SSSR count). The number of carbonyl (C=O) groups excluding carboxylic acids is 3. The van der Waals surface area contributed by atoms with Gasteiger partial charge in [-0.25, -0.2) is 9.69 Å². The molecule has 2 saturated carbocycles. The van der Waals surface area contributed by atoms with E-state index in [1.54, 1.807) is 42.6 Å². The minimum absolute atomic E-state index is 0.140. The van der Waals surface area contributed by atoms with Crippen LogP contribution >= 0.6 is 0 Å². The van der Waals surface area contributed by atoms with Gasteiger partial charge in [0.15, 0.2) is 5.75 Å². The Balaban J connectivity index is 1.19. The second-order valence-electron chi connectivity index (χ2n) is 9.44. The van der Waals surface area contributed by atoms with Crippen LogP contribution in [0.5, 0.6) is 5.75 Å². The number of fused-ring (bicyclic) bond motifs is 1. The van der Waals surface area contributed by atoms with E-state index >= 15 is 0 Å². The molecular weight excluding hydrogens is 416 g/mol. The average molecular weight is 436 g/mol. The van der Waals surface area contributed by atoms with Gasteiger partial charge in [-0.15, -0.1) is 0 Å². The van der Waals surface area contributed by atoms with E-state index in [4.69, 9.17) is 4.74 Å². The normalized spacial score (nSPS) is 31.0. The maximum absolute atomic E-state index is 13.4. The van der Waals surface area contributed by atoms with Gasteiger partial charge in [0.1, 0.15) is 5.52 Å². The van der Waals surface area contributed by atoms with Crippen LogP contribution in [0.25, 0.3) is 10.9 Å². The first kappa shape index (κ1) is 18.7. The number of allylic oxidation sites excluding steroid dienone is 2. The summed E-state index contributed by atoms with van der Waals surface area (Å²) in [7, 11) is 0. The summed E-state index contributed by atoms with van der Waals surface area (Å²) in [6, 6.07) is 15.7. The fourth-order valence-electron chi connectivity index (χ4n) is 6.30. The number of nitrogens with zero attached hydrogens (tertiary/aromatic N) is 2. The quantitative estimate of drug-likeness (QED) is 0.268. The van der Waals surface area contributed by atoms with E-state index in [1.165, 1.54) is 4.90 Å². The Morgan fingerprint density at radius 3 is 2.36 bits per heavy atom. The van der Waals surface area contributed by atoms with Crippen molar-refractivity contribution in [2.45, 2.75) is 6.42 Å². The molecule has 0 unspecified atom stereocenters. The third-order valence-electron chi connectivity index (χ3n) is 7.80. The van der Waals surface area contributed by atoms with Crippen LogP contribution in [0.15, 0.2) is 72.9 Å². The molecular formula is C27H20N2O4. The SMILES string of the molecule is O=C(Oc1cccc2cccnc12)c1cccc(N2C(=O)[C@@H]3[C@H]4C=C[C@H]([C@H]5C[C@H]45)[C@@H]3C2=O)c1. The van der Waals surface area contributed by atoms with Crippen molar-refractivity contribution in [1.82, 2.24) is 4.98 Å². The van der Waals surface area contributed by atoms with Gasteiger partial charge in [0.2, 0.25) is 11.8 Å². The predicted molar refractivity (Wildman–Crippen MR) is 120 cm³/mol. The number of pyridine rings is 1. The van der Waals surface area contributed by atoms with E-state index in [0.29, 0.717) is 28.8 Å². The van der Waals surface area contributed by atoms with Gasteiger partial charge in [0, 0.05) is 11.6 Å². The fourth-order valence-corrected chi connectivity index (χ4v) is 6.30. The van der Waals surface area contributed by atoms with Crippen molar-refractivity contribution in [3.63, 3.8) is 0 Å². The van der Waals surface area contributed by atoms with Gasteiger partial charge in [0.05, 0.1) is 23.1 Å². The molecule has 162 valence electrons. The number of benzene rings is 2. The second-order valence-corrected chi connectivity index (χ2v) is 9.44. The first-order chi connectivity index (χ1) is 16.1. The first-order valence-electron chi connectivity index (χ1n) is 11.3. The number of imide groups is 1. The molecule has 33 heavy (non-hydrogen) atoms. The van der Waals surface area contributed by atoms with Crippen molar-refractivity contribution in [3.05, 3.63) is 78.5 Å². The molecule has 2 bridgehead atoms. The zero-order chi connectivity index (χ0) is 22.3. The number of amides is 2. The number of hydrogen-bond acceptors (Lipinski definition) is 5. The van der Waals surface area contributed by atoms with E-state index in [0.717, 1.165) is 11.8 Å². The summed E-state index contributed by atoms with van der Waals surface area (Å²) >= 11 is 0. The van der Waals surface area contributed by atoms with Crippen molar-refractivity contribution >= 4 is 34.4 Å². The van der Waals surface area contributed by atoms with Crippen LogP contribution < -0.4 is 9.64 Å². The molecule has 2 aromatic carbocycles. The first-order valence-corrected chi connectivity index (χ1v) is 11.3. The van der Waals surface area contributed by atoms with Gasteiger partial charge < -0.3 is 4.74 Å². The Hall–Kier alpha value is -3.80. The monoisotopic (exact) mass is 436 g/mol. The Morgan fingerprint density at radius 2 is 1.61 bits per heavy atom. The zero-order valence-corrected chi connectivity index (χ0v) is 17.6. The highest BCUT2D eigenvalue weighted by atomic mass is 16.5. The van der Waals surface area contributed by atoms with Crippen LogP contribution in [0.1, 0.15) is 16.8 Å². The van der Waals surface area contributed by atoms with Crippen molar-refractivity contribution in [2.75, 3.05) is 4.90 Å². The van der Waals surface area contributed by atoms with Crippen LogP contribution in [-0.4, -0.2) is 22.8 Å². The van der Waals surface area contributed by atoms with Crippen LogP contribution in [-0.2, 0) is 9.59 Å². The van der Waals surface area contributed by atoms with Crippen LogP contribution in [0, 0.1) is 35.5 Å². The van der Waals surface area contributed by atoms with E-state index in [-0.39, 0.29) is 41.0 Å². The topological polar surface area (TPSA) is 76.6 Å². The van der Waals surface area contributed by atoms with Gasteiger partial charge >= 0.3 is 5.97 Å². The average Bonchev–Trinajstić information content (AvgIpc) is 3.62. The lowest BCUT2D eigenvalue weighted by Crippen LogP contribution is -2.40. The van der Waals surface area contributed by atoms with E-state index in [2.05, 4.69) is 17.1 Å². The second kappa shape index (κ2) is 6.61. The summed E-state index contributed by atoms with van der Waals surface area (Å²) in [5.41, 5.74) is 1.30. The molecule has 1 saturated heterocycles. The fraction of sp³-hybridized carbons (Fsp3) is 0.259. The van der Waals surface area contributed by atoms with Crippen molar-refractivity contribution in [3.8, 4) is 5.75 Å². The van der Waals surface area contributed by atoms with Gasteiger partial charge in [-0.05, 0) is 60.4 Å². The maximum Gasteiger partial charge on any atom is 0.343 e. The number of anilines is 1. The molecule has 0 radical (unpaired) electrons. The highest BCUT2D eigenvalue weighted by Gasteiger charge is 2.67. The summed E-state index contributed by atoms with van der Waals surface area (Å²) in [6.45, 7) is 0. The van der Waals surface area contributed by atoms with E-state index in [9.17, 15) is 14.4 Å². The van der Waals surface area contributed by atoms with E-state index in [1.807, 2.05) is 18.2 Å². The summed E-state index contributed by atoms with van der Waals surface area (Å²) in [5, 5.41) is 0.869. The van der Waals surface area contributed by atoms with Crippen LogP contribution in [0.4, 0.5) is 5.69 Å². The number of hydrogen-bond donors (Lipinski definition) is 0. The van der Waals surface area contributed by atoms with Gasteiger partial charge in [0.25, 0.3) is 0 Å². The molecule has 6 heteroatoms. The molecule has 0 N–H and O–H groups in total. The molecule has 2 amide bonds. The Bertz CT molecular complexity index is 1350. The minimum atomic E-state index is -0.561. The highest BCUT2D eigenvalue weighted by Crippen LogP contribution is 2.65. The Labute approximate surface area is 189 Å². The molecule has 3 fully saturated rings. The van der Waals surface area contributed by atoms with Gasteiger partial charge in [-0.3, -0.25) is 14.6 Å². The van der Waals surface area contributed by atoms with Crippen molar-refractivity contribution < 1.29 is 19.1 Å². The minimum Gasteiger partial charge on any atom is -0.421 e. The van der Waals surface area contributed by atoms with Gasteiger partial charge in [-0.1, -0.05) is 36.4 Å². The molecule has 0 spiro atoms. The lowest BCUT2D eigenvalue weighted by molar-refractivity contribution is -0.124. The molecule has 1 aromatic heterocycles. The third-order valence-corrected chi connectivity index (χ3v) is 7.80. The highest BCUT2D eigenvalue weighted by molar-refractivity contribution is 6.23.